The summed E-state index contributed by atoms with van der Waals surface area (Å²) < 4.78 is 6.04. The number of nitrogens with two attached hydrogens (primary N) is 1. The molecule has 4 rings (SSSR count). The standard InChI is InChI=1S/C23H23NO.ClH/c24-23-15-19-8-4-5-9-21(19)22(23)16-25-20-12-10-18(11-13-20)14-17-6-2-1-3-7-17;/h1-13,22-23H,14-16,24H2;1H. The summed E-state index contributed by atoms with van der Waals surface area (Å²) in [6.07, 6.45) is 1.89. The van der Waals surface area contributed by atoms with Crippen LogP contribution in [0.3, 0.4) is 0 Å². The molecule has 3 heteroatoms. The molecule has 2 N–H and O–H groups in total. The SMILES string of the molecule is Cl.NC1Cc2ccccc2C1COc1ccc(Cc2ccccc2)cc1. The van der Waals surface area contributed by atoms with Crippen molar-refractivity contribution in [3.63, 3.8) is 0 Å². The van der Waals surface area contributed by atoms with Gasteiger partial charge in [-0.05, 0) is 47.2 Å². The summed E-state index contributed by atoms with van der Waals surface area (Å²) in [6, 6.07) is 27.6. The van der Waals surface area contributed by atoms with Crippen LogP contribution in [0.4, 0.5) is 0 Å². The number of fused-ring (bicyclic) bond motifs is 1. The van der Waals surface area contributed by atoms with Gasteiger partial charge in [-0.2, -0.15) is 0 Å². The monoisotopic (exact) mass is 365 g/mol. The van der Waals surface area contributed by atoms with E-state index in [0.717, 1.165) is 18.6 Å². The Morgan fingerprint density at radius 2 is 1.46 bits per heavy atom. The molecule has 1 aliphatic rings. The van der Waals surface area contributed by atoms with Gasteiger partial charge in [0.25, 0.3) is 0 Å². The topological polar surface area (TPSA) is 35.2 Å². The summed E-state index contributed by atoms with van der Waals surface area (Å²) in [7, 11) is 0. The highest BCUT2D eigenvalue weighted by Gasteiger charge is 2.29. The van der Waals surface area contributed by atoms with Crippen LogP contribution >= 0.6 is 12.4 Å². The lowest BCUT2D eigenvalue weighted by Crippen LogP contribution is -2.28. The largest absolute Gasteiger partial charge is 0.493 e. The van der Waals surface area contributed by atoms with Gasteiger partial charge in [0.15, 0.2) is 0 Å². The number of hydrogen-bond donors (Lipinski definition) is 1. The lowest BCUT2D eigenvalue weighted by molar-refractivity contribution is 0.276. The van der Waals surface area contributed by atoms with Crippen molar-refractivity contribution < 1.29 is 4.74 Å². The molecule has 0 heterocycles. The molecule has 0 spiro atoms. The average Bonchev–Trinajstić information content (AvgIpc) is 2.97. The van der Waals surface area contributed by atoms with Crippen LogP contribution in [0.15, 0.2) is 78.9 Å². The Morgan fingerprint density at radius 3 is 2.23 bits per heavy atom. The van der Waals surface area contributed by atoms with Gasteiger partial charge in [-0.3, -0.25) is 0 Å². The molecule has 0 fully saturated rings. The lowest BCUT2D eigenvalue weighted by atomic mass is 10.00. The number of rotatable bonds is 5. The van der Waals surface area contributed by atoms with Crippen molar-refractivity contribution in [2.75, 3.05) is 6.61 Å². The van der Waals surface area contributed by atoms with Gasteiger partial charge < -0.3 is 10.5 Å². The van der Waals surface area contributed by atoms with Gasteiger partial charge in [0, 0.05) is 12.0 Å². The number of ether oxygens (including phenoxy) is 1. The zero-order chi connectivity index (χ0) is 17.1. The Kier molecular flexibility index (Phi) is 5.97. The molecule has 3 aromatic rings. The van der Waals surface area contributed by atoms with Gasteiger partial charge >= 0.3 is 0 Å². The second-order valence-corrected chi connectivity index (χ2v) is 6.79. The molecule has 0 amide bonds. The van der Waals surface area contributed by atoms with E-state index in [4.69, 9.17) is 10.5 Å². The van der Waals surface area contributed by atoms with Crippen LogP contribution in [0, 0.1) is 0 Å². The molecule has 0 saturated heterocycles. The molecule has 0 saturated carbocycles. The summed E-state index contributed by atoms with van der Waals surface area (Å²) in [5, 5.41) is 0. The van der Waals surface area contributed by atoms with Crippen molar-refractivity contribution in [1.82, 2.24) is 0 Å². The molecular weight excluding hydrogens is 342 g/mol. The quantitative estimate of drug-likeness (QED) is 0.708. The summed E-state index contributed by atoms with van der Waals surface area (Å²) in [6.45, 7) is 0.635. The van der Waals surface area contributed by atoms with Gasteiger partial charge in [-0.15, -0.1) is 12.4 Å². The first-order valence-corrected chi connectivity index (χ1v) is 8.88. The predicted octanol–water partition coefficient (Wildman–Crippen LogP) is 4.75. The maximum atomic E-state index is 6.32. The van der Waals surface area contributed by atoms with E-state index in [9.17, 15) is 0 Å². The van der Waals surface area contributed by atoms with Gasteiger partial charge in [-0.1, -0.05) is 66.7 Å². The fourth-order valence-electron chi connectivity index (χ4n) is 3.64. The molecule has 0 aromatic heterocycles. The van der Waals surface area contributed by atoms with Crippen LogP contribution in [0.1, 0.15) is 28.2 Å². The number of hydrogen-bond acceptors (Lipinski definition) is 2. The van der Waals surface area contributed by atoms with Crippen LogP contribution < -0.4 is 10.5 Å². The predicted molar refractivity (Wildman–Crippen MR) is 109 cm³/mol. The van der Waals surface area contributed by atoms with E-state index in [-0.39, 0.29) is 24.4 Å². The molecule has 3 aromatic carbocycles. The molecule has 2 atom stereocenters. The summed E-state index contributed by atoms with van der Waals surface area (Å²) in [5.41, 5.74) is 11.6. The van der Waals surface area contributed by atoms with Crippen LogP contribution in [0.5, 0.6) is 5.75 Å². The fourth-order valence-corrected chi connectivity index (χ4v) is 3.64. The Hall–Kier alpha value is -2.29. The summed E-state index contributed by atoms with van der Waals surface area (Å²) >= 11 is 0. The normalized spacial score (nSPS) is 18.0. The van der Waals surface area contributed by atoms with Crippen molar-refractivity contribution in [2.45, 2.75) is 24.8 Å². The highest BCUT2D eigenvalue weighted by atomic mass is 35.5. The molecule has 0 bridgehead atoms. The van der Waals surface area contributed by atoms with Gasteiger partial charge in [0.1, 0.15) is 5.75 Å². The molecule has 26 heavy (non-hydrogen) atoms. The number of halogens is 1. The van der Waals surface area contributed by atoms with Crippen molar-refractivity contribution in [1.29, 1.82) is 0 Å². The number of benzene rings is 3. The average molecular weight is 366 g/mol. The van der Waals surface area contributed by atoms with E-state index in [1.165, 1.54) is 22.3 Å². The molecular formula is C23H24ClNO. The van der Waals surface area contributed by atoms with E-state index >= 15 is 0 Å². The van der Waals surface area contributed by atoms with Crippen molar-refractivity contribution in [2.24, 2.45) is 5.73 Å². The van der Waals surface area contributed by atoms with Gasteiger partial charge in [0.05, 0.1) is 6.61 Å². The van der Waals surface area contributed by atoms with Crippen LogP contribution in [-0.2, 0) is 12.8 Å². The minimum absolute atomic E-state index is 0. The van der Waals surface area contributed by atoms with Gasteiger partial charge in [0.2, 0.25) is 0 Å². The Labute approximate surface area is 161 Å². The Balaban J connectivity index is 0.00000196. The highest BCUT2D eigenvalue weighted by Crippen LogP contribution is 2.32. The first-order chi connectivity index (χ1) is 12.3. The molecule has 2 unspecified atom stereocenters. The highest BCUT2D eigenvalue weighted by molar-refractivity contribution is 5.85. The van der Waals surface area contributed by atoms with E-state index in [1.807, 2.05) is 6.07 Å². The fraction of sp³-hybridized carbons (Fsp3) is 0.217. The smallest absolute Gasteiger partial charge is 0.119 e. The molecule has 134 valence electrons. The second kappa shape index (κ2) is 8.39. The third kappa shape index (κ3) is 4.09. The van der Waals surface area contributed by atoms with Crippen molar-refractivity contribution in [3.05, 3.63) is 101 Å². The molecule has 0 radical (unpaired) electrons. The molecule has 1 aliphatic carbocycles. The molecule has 0 aliphatic heterocycles. The van der Waals surface area contributed by atoms with Crippen LogP contribution in [-0.4, -0.2) is 12.6 Å². The van der Waals surface area contributed by atoms with Crippen LogP contribution in [0.25, 0.3) is 0 Å². The van der Waals surface area contributed by atoms with E-state index in [2.05, 4.69) is 72.8 Å². The maximum absolute atomic E-state index is 6.32. The van der Waals surface area contributed by atoms with Crippen molar-refractivity contribution >= 4 is 12.4 Å². The Morgan fingerprint density at radius 1 is 0.808 bits per heavy atom. The first kappa shape index (κ1) is 18.5. The van der Waals surface area contributed by atoms with E-state index in [0.29, 0.717) is 6.61 Å². The van der Waals surface area contributed by atoms with E-state index < -0.39 is 0 Å². The van der Waals surface area contributed by atoms with Gasteiger partial charge in [-0.25, -0.2) is 0 Å². The summed E-state index contributed by atoms with van der Waals surface area (Å²) in [4.78, 5) is 0. The molecule has 2 nitrogen and oxygen atoms in total. The van der Waals surface area contributed by atoms with E-state index in [1.54, 1.807) is 0 Å². The third-order valence-corrected chi connectivity index (χ3v) is 5.03. The van der Waals surface area contributed by atoms with Crippen molar-refractivity contribution in [3.8, 4) is 5.75 Å². The zero-order valence-electron chi connectivity index (χ0n) is 14.7. The lowest BCUT2D eigenvalue weighted by Gasteiger charge is -2.17. The zero-order valence-corrected chi connectivity index (χ0v) is 15.5. The Bertz CT molecular complexity index is 832. The minimum Gasteiger partial charge on any atom is -0.493 e. The summed E-state index contributed by atoms with van der Waals surface area (Å²) in [5.74, 6) is 1.19. The maximum Gasteiger partial charge on any atom is 0.119 e. The minimum atomic E-state index is 0. The van der Waals surface area contributed by atoms with Crippen LogP contribution in [0.2, 0.25) is 0 Å². The first-order valence-electron chi connectivity index (χ1n) is 8.88. The second-order valence-electron chi connectivity index (χ2n) is 6.79. The third-order valence-electron chi connectivity index (χ3n) is 5.03.